The number of methoxy groups -OCH3 is 1. The van der Waals surface area contributed by atoms with E-state index in [1.54, 1.807) is 60.5 Å². The molecule has 2 aliphatic rings. The van der Waals surface area contributed by atoms with E-state index in [1.807, 2.05) is 0 Å². The minimum absolute atomic E-state index is 0.0323. The van der Waals surface area contributed by atoms with E-state index in [-0.39, 0.29) is 14.2 Å². The molecule has 0 aliphatic carbocycles. The maximum atomic E-state index is 13.9. The van der Waals surface area contributed by atoms with Crippen LogP contribution in [-0.2, 0) is 14.8 Å². The fourth-order valence-corrected chi connectivity index (χ4v) is 6.65. The Kier molecular flexibility index (Phi) is 5.09. The standard InChI is InChI=1S/C21H24ClN2O4S/c1-28-19-6-8-20(9-7-19)29(26,27)24(18-4-2-17(22)3-5-18)12-10-21(11-13-24)14-23(15-21)16-25/h2-9,16H,10-15H2,1H3/q+1. The molecule has 2 heterocycles. The van der Waals surface area contributed by atoms with Crippen LogP contribution in [0.15, 0.2) is 53.4 Å². The van der Waals surface area contributed by atoms with E-state index in [9.17, 15) is 13.2 Å². The summed E-state index contributed by atoms with van der Waals surface area (Å²) in [5.41, 5.74) is 0.747. The number of quaternary nitrogens is 1. The molecule has 2 aliphatic heterocycles. The van der Waals surface area contributed by atoms with Crippen LogP contribution in [0.1, 0.15) is 12.8 Å². The molecule has 8 heteroatoms. The Morgan fingerprint density at radius 3 is 2.14 bits per heavy atom. The first-order chi connectivity index (χ1) is 13.8. The zero-order chi connectivity index (χ0) is 20.7. The summed E-state index contributed by atoms with van der Waals surface area (Å²) in [6.07, 6.45) is 2.36. The number of likely N-dealkylation sites (tertiary alicyclic amines) is 1. The second kappa shape index (κ2) is 7.31. The van der Waals surface area contributed by atoms with E-state index in [4.69, 9.17) is 16.3 Å². The zero-order valence-electron chi connectivity index (χ0n) is 16.3. The monoisotopic (exact) mass is 435 g/mol. The number of benzene rings is 2. The van der Waals surface area contributed by atoms with Gasteiger partial charge in [0.15, 0.2) is 0 Å². The molecule has 2 aromatic carbocycles. The van der Waals surface area contributed by atoms with Crippen LogP contribution < -0.4 is 8.63 Å². The van der Waals surface area contributed by atoms with Gasteiger partial charge in [0.25, 0.3) is 0 Å². The number of carbonyl (C=O) groups excluding carboxylic acids is 1. The van der Waals surface area contributed by atoms with Gasteiger partial charge in [0.1, 0.15) is 16.3 Å². The predicted molar refractivity (Wildman–Crippen MR) is 112 cm³/mol. The van der Waals surface area contributed by atoms with Gasteiger partial charge < -0.3 is 9.64 Å². The highest BCUT2D eigenvalue weighted by Crippen LogP contribution is 2.46. The van der Waals surface area contributed by atoms with Crippen LogP contribution in [0.25, 0.3) is 0 Å². The molecule has 1 spiro atoms. The third-order valence-corrected chi connectivity index (χ3v) is 8.96. The van der Waals surface area contributed by atoms with Crippen LogP contribution in [-0.4, -0.2) is 53.0 Å². The van der Waals surface area contributed by atoms with E-state index >= 15 is 0 Å². The van der Waals surface area contributed by atoms with Gasteiger partial charge in [0, 0.05) is 48.5 Å². The number of hydrogen-bond acceptors (Lipinski definition) is 4. The van der Waals surface area contributed by atoms with Gasteiger partial charge in [-0.05, 0) is 36.4 Å². The summed E-state index contributed by atoms with van der Waals surface area (Å²) < 4.78 is 32.8. The van der Waals surface area contributed by atoms with E-state index in [1.165, 1.54) is 0 Å². The molecule has 0 saturated carbocycles. The van der Waals surface area contributed by atoms with Crippen LogP contribution in [0.5, 0.6) is 5.75 Å². The van der Waals surface area contributed by atoms with Gasteiger partial charge in [-0.15, -0.1) is 0 Å². The summed E-state index contributed by atoms with van der Waals surface area (Å²) in [4.78, 5) is 13.0. The summed E-state index contributed by atoms with van der Waals surface area (Å²) in [6.45, 7) is 2.34. The van der Waals surface area contributed by atoms with Crippen LogP contribution in [0.2, 0.25) is 5.02 Å². The number of piperidine rings is 1. The Bertz CT molecular complexity index is 990. The fraction of sp³-hybridized carbons (Fsp3) is 0.381. The lowest BCUT2D eigenvalue weighted by molar-refractivity contribution is -0.131. The number of rotatable bonds is 5. The molecule has 154 valence electrons. The fourth-order valence-electron chi connectivity index (χ4n) is 4.58. The molecule has 2 fully saturated rings. The van der Waals surface area contributed by atoms with Crippen molar-refractivity contribution in [2.75, 3.05) is 33.3 Å². The quantitative estimate of drug-likeness (QED) is 0.534. The lowest BCUT2D eigenvalue weighted by atomic mass is 9.72. The maximum absolute atomic E-state index is 13.9. The second-order valence-corrected chi connectivity index (χ2v) is 10.5. The van der Waals surface area contributed by atoms with Gasteiger partial charge in [-0.2, -0.15) is 12.3 Å². The molecule has 6 nitrogen and oxygen atoms in total. The van der Waals surface area contributed by atoms with E-state index in [2.05, 4.69) is 0 Å². The van der Waals surface area contributed by atoms with Gasteiger partial charge >= 0.3 is 10.0 Å². The number of sulfonamides is 1. The van der Waals surface area contributed by atoms with Gasteiger partial charge in [-0.3, -0.25) is 4.79 Å². The van der Waals surface area contributed by atoms with Gasteiger partial charge in [-0.1, -0.05) is 11.6 Å². The van der Waals surface area contributed by atoms with Crippen molar-refractivity contribution >= 4 is 33.7 Å². The highest BCUT2D eigenvalue weighted by atomic mass is 35.5. The van der Waals surface area contributed by atoms with Gasteiger partial charge in [-0.25, -0.2) is 0 Å². The molecule has 4 rings (SSSR count). The highest BCUT2D eigenvalue weighted by molar-refractivity contribution is 7.91. The molecule has 0 atom stereocenters. The molecule has 0 N–H and O–H groups in total. The number of ether oxygens (including phenoxy) is 1. The Morgan fingerprint density at radius 1 is 1.03 bits per heavy atom. The van der Waals surface area contributed by atoms with E-state index in [0.717, 1.165) is 19.3 Å². The Balaban J connectivity index is 1.73. The first-order valence-electron chi connectivity index (χ1n) is 9.56. The number of halogens is 1. The van der Waals surface area contributed by atoms with Crippen LogP contribution >= 0.6 is 11.6 Å². The highest BCUT2D eigenvalue weighted by Gasteiger charge is 2.55. The third-order valence-electron chi connectivity index (χ3n) is 6.35. The summed E-state index contributed by atoms with van der Waals surface area (Å²) in [5, 5.41) is 0.572. The average Bonchev–Trinajstić information content (AvgIpc) is 2.72. The molecule has 29 heavy (non-hydrogen) atoms. The van der Waals surface area contributed by atoms with Crippen LogP contribution in [0.3, 0.4) is 0 Å². The van der Waals surface area contributed by atoms with Crippen molar-refractivity contribution in [1.29, 1.82) is 0 Å². The summed E-state index contributed by atoms with van der Waals surface area (Å²) >= 11 is 6.06. The van der Waals surface area contributed by atoms with E-state index < -0.39 is 10.0 Å². The maximum Gasteiger partial charge on any atom is 0.332 e. The first kappa shape index (κ1) is 20.2. The molecular formula is C21H24ClN2O4S+. The molecule has 2 aromatic rings. The largest absolute Gasteiger partial charge is 0.497 e. The molecule has 0 bridgehead atoms. The topological polar surface area (TPSA) is 63.7 Å². The Morgan fingerprint density at radius 2 is 1.62 bits per heavy atom. The van der Waals surface area contributed by atoms with Crippen molar-refractivity contribution < 1.29 is 17.9 Å². The minimum atomic E-state index is -3.71. The predicted octanol–water partition coefficient (Wildman–Crippen LogP) is 3.30. The third kappa shape index (κ3) is 3.31. The summed E-state index contributed by atoms with van der Waals surface area (Å²) in [6, 6.07) is 13.6. The minimum Gasteiger partial charge on any atom is -0.497 e. The number of amides is 1. The zero-order valence-corrected chi connectivity index (χ0v) is 17.8. The summed E-state index contributed by atoms with van der Waals surface area (Å²) in [5.74, 6) is 0.614. The average molecular weight is 436 g/mol. The van der Waals surface area contributed by atoms with Crippen molar-refractivity contribution in [2.45, 2.75) is 17.7 Å². The second-order valence-electron chi connectivity index (χ2n) is 7.97. The Hall–Kier alpha value is -2.09. The van der Waals surface area contributed by atoms with Crippen molar-refractivity contribution in [3.63, 3.8) is 0 Å². The molecular weight excluding hydrogens is 412 g/mol. The van der Waals surface area contributed by atoms with Crippen LogP contribution in [0.4, 0.5) is 5.69 Å². The number of hydrogen-bond donors (Lipinski definition) is 0. The normalized spacial score (nSPS) is 20.1. The van der Waals surface area contributed by atoms with Gasteiger partial charge in [0.2, 0.25) is 6.41 Å². The molecule has 1 amide bonds. The Labute approximate surface area is 176 Å². The van der Waals surface area contributed by atoms with Crippen molar-refractivity contribution in [2.24, 2.45) is 5.41 Å². The molecule has 0 aromatic heterocycles. The summed E-state index contributed by atoms with van der Waals surface area (Å²) in [7, 11) is -2.16. The molecule has 0 unspecified atom stereocenters. The lowest BCUT2D eigenvalue weighted by Gasteiger charge is -2.54. The molecule has 2 saturated heterocycles. The van der Waals surface area contributed by atoms with Crippen molar-refractivity contribution in [3.8, 4) is 5.75 Å². The first-order valence-corrected chi connectivity index (χ1v) is 11.4. The van der Waals surface area contributed by atoms with Crippen molar-refractivity contribution in [1.82, 2.24) is 8.79 Å². The lowest BCUT2D eigenvalue weighted by Crippen LogP contribution is -2.66. The molecule has 0 radical (unpaired) electrons. The van der Waals surface area contributed by atoms with Crippen molar-refractivity contribution in [3.05, 3.63) is 53.6 Å². The number of carbonyl (C=O) groups is 1. The van der Waals surface area contributed by atoms with Gasteiger partial charge in [0.05, 0.1) is 20.2 Å². The van der Waals surface area contributed by atoms with Crippen LogP contribution in [0, 0.1) is 5.41 Å². The number of nitrogens with zero attached hydrogens (tertiary/aromatic N) is 2. The SMILES string of the molecule is COc1ccc(S(=O)(=O)[N+]2(c3ccc(Cl)cc3)CCC3(CC2)CN(C=O)C3)cc1. The van der Waals surface area contributed by atoms with E-state index in [0.29, 0.717) is 42.6 Å². The smallest absolute Gasteiger partial charge is 0.332 e.